The van der Waals surface area contributed by atoms with Gasteiger partial charge in [-0.25, -0.2) is 0 Å². The van der Waals surface area contributed by atoms with Crippen LogP contribution < -0.4 is 4.52 Å². The van der Waals surface area contributed by atoms with Gasteiger partial charge in [0.2, 0.25) is 0 Å². The molecule has 3 nitrogen and oxygen atoms in total. The van der Waals surface area contributed by atoms with Crippen LogP contribution in [0.1, 0.15) is 42.0 Å². The Bertz CT molecular complexity index is 1810. The number of rotatable bonds is 5. The summed E-state index contributed by atoms with van der Waals surface area (Å²) in [6, 6.07) is 35.7. The lowest BCUT2D eigenvalue weighted by Gasteiger charge is -2.14. The first-order valence-corrected chi connectivity index (χ1v) is 14.8. The van der Waals surface area contributed by atoms with Gasteiger partial charge in [-0.3, -0.25) is 0 Å². The van der Waals surface area contributed by atoms with Crippen molar-refractivity contribution in [3.63, 3.8) is 0 Å². The highest BCUT2D eigenvalue weighted by Crippen LogP contribution is 2.46. The third-order valence-electron chi connectivity index (χ3n) is 7.39. The van der Waals surface area contributed by atoms with E-state index in [1.54, 1.807) is 0 Å². The molecule has 6 aromatic rings. The zero-order valence-electron chi connectivity index (χ0n) is 23.6. The molecule has 0 fully saturated rings. The highest BCUT2D eigenvalue weighted by molar-refractivity contribution is 7.32. The predicted molar refractivity (Wildman–Crippen MR) is 168 cm³/mol. The topological polar surface area (TPSA) is 35.5 Å². The van der Waals surface area contributed by atoms with E-state index in [9.17, 15) is 0 Å². The van der Waals surface area contributed by atoms with Crippen LogP contribution in [0.5, 0.6) is 5.75 Å². The quantitative estimate of drug-likeness (QED) is 0.216. The largest absolute Gasteiger partial charge is 0.453 e. The molecule has 0 bridgehead atoms. The summed E-state index contributed by atoms with van der Waals surface area (Å²) in [6.07, 6.45) is 0. The third-order valence-corrected chi connectivity index (χ3v) is 8.40. The van der Waals surface area contributed by atoms with Crippen molar-refractivity contribution in [1.82, 2.24) is 0 Å². The fourth-order valence-electron chi connectivity index (χ4n) is 5.49. The summed E-state index contributed by atoms with van der Waals surface area (Å²) >= 11 is 0. The summed E-state index contributed by atoms with van der Waals surface area (Å²) in [5.74, 6) is 1.14. The molecule has 0 spiro atoms. The van der Waals surface area contributed by atoms with Crippen molar-refractivity contribution in [2.75, 3.05) is 0 Å². The maximum Gasteiger partial charge on any atom is 0.453 e. The molecule has 0 aliphatic carbocycles. The lowest BCUT2D eigenvalue weighted by atomic mass is 9.95. The van der Waals surface area contributed by atoms with Gasteiger partial charge in [0.15, 0.2) is 5.75 Å². The van der Waals surface area contributed by atoms with E-state index < -0.39 is 8.24 Å². The van der Waals surface area contributed by atoms with E-state index in [0.717, 1.165) is 55.5 Å². The molecule has 0 aliphatic heterocycles. The Morgan fingerprint density at radius 2 is 1.25 bits per heavy atom. The van der Waals surface area contributed by atoms with Crippen molar-refractivity contribution >= 4 is 30.2 Å². The Hall–Kier alpha value is -4.20. The van der Waals surface area contributed by atoms with Crippen molar-refractivity contribution < 1.29 is 12.9 Å². The molecule has 1 heterocycles. The maximum absolute atomic E-state index is 6.84. The number of para-hydroxylation sites is 1. The van der Waals surface area contributed by atoms with E-state index >= 15 is 0 Å². The molecule has 0 amide bonds. The molecule has 5 aromatic carbocycles. The second kappa shape index (κ2) is 10.8. The van der Waals surface area contributed by atoms with E-state index in [2.05, 4.69) is 101 Å². The molecule has 0 aliphatic rings. The molecule has 1 aromatic heterocycles. The van der Waals surface area contributed by atoms with E-state index in [0.29, 0.717) is 5.92 Å². The Labute approximate surface area is 236 Å². The van der Waals surface area contributed by atoms with Crippen molar-refractivity contribution in [3.8, 4) is 28.0 Å². The normalized spacial score (nSPS) is 11.8. The average Bonchev–Trinajstić information content (AvgIpc) is 3.09. The predicted octanol–water partition coefficient (Wildman–Crippen LogP) is 11.5. The molecule has 0 N–H and O–H groups in total. The van der Waals surface area contributed by atoms with Crippen LogP contribution >= 0.6 is 8.24 Å². The monoisotopic (exact) mass is 544 g/mol. The van der Waals surface area contributed by atoms with Crippen molar-refractivity contribution in [2.45, 2.75) is 40.5 Å². The number of benzene rings is 5. The first-order chi connectivity index (χ1) is 19.4. The van der Waals surface area contributed by atoms with E-state index in [4.69, 9.17) is 12.9 Å². The highest BCUT2D eigenvalue weighted by atomic mass is 31.1. The van der Waals surface area contributed by atoms with Gasteiger partial charge in [0.25, 0.3) is 0 Å². The minimum absolute atomic E-state index is 0.396. The summed E-state index contributed by atoms with van der Waals surface area (Å²) < 4.78 is 20.2. The molecular formula is C36H33O3P. The van der Waals surface area contributed by atoms with E-state index in [1.165, 1.54) is 16.7 Å². The summed E-state index contributed by atoms with van der Waals surface area (Å²) in [7, 11) is -1.82. The maximum atomic E-state index is 6.84. The van der Waals surface area contributed by atoms with Gasteiger partial charge in [-0.1, -0.05) is 98.8 Å². The number of hydrogen-bond donors (Lipinski definition) is 0. The standard InChI is InChI=1S/C36H33O3P/c1-23(2)31-22-32-33-20-24(3)19-26(5)35(33)38-40(37-34(32)21-25(31)4)39-36-29(27-13-8-6-9-14-27)17-12-18-30(36)28-15-10-7-11-16-28/h6-23H,1-5H3. The molecule has 0 saturated heterocycles. The van der Waals surface area contributed by atoms with Crippen LogP contribution in [0.25, 0.3) is 44.2 Å². The number of fused-ring (bicyclic) bond motifs is 3. The van der Waals surface area contributed by atoms with Gasteiger partial charge in [-0.05, 0) is 78.3 Å². The van der Waals surface area contributed by atoms with Crippen molar-refractivity contribution in [3.05, 3.63) is 125 Å². The minimum atomic E-state index is -1.82. The van der Waals surface area contributed by atoms with Gasteiger partial charge >= 0.3 is 8.24 Å². The molecular weight excluding hydrogens is 511 g/mol. The highest BCUT2D eigenvalue weighted by Gasteiger charge is 2.19. The summed E-state index contributed by atoms with van der Waals surface area (Å²) in [6.45, 7) is 10.8. The fraction of sp³-hybridized carbons (Fsp3) is 0.167. The Kier molecular flexibility index (Phi) is 7.00. The van der Waals surface area contributed by atoms with Crippen LogP contribution in [0.4, 0.5) is 0 Å². The van der Waals surface area contributed by atoms with Crippen LogP contribution in [0.15, 0.2) is 112 Å². The van der Waals surface area contributed by atoms with Crippen LogP contribution in [0, 0.1) is 20.8 Å². The number of aryl methyl sites for hydroxylation is 3. The van der Waals surface area contributed by atoms with Crippen molar-refractivity contribution in [1.29, 1.82) is 0 Å². The minimum Gasteiger partial charge on any atom is -0.390 e. The van der Waals surface area contributed by atoms with E-state index in [1.807, 2.05) is 36.4 Å². The average molecular weight is 545 g/mol. The van der Waals surface area contributed by atoms with Crippen LogP contribution in [0.3, 0.4) is 0 Å². The second-order valence-corrected chi connectivity index (χ2v) is 11.7. The molecule has 4 heteroatoms. The third kappa shape index (κ3) is 4.94. The first kappa shape index (κ1) is 26.0. The number of hydrogen-bond acceptors (Lipinski definition) is 3. The Morgan fingerprint density at radius 3 is 1.85 bits per heavy atom. The van der Waals surface area contributed by atoms with Gasteiger partial charge in [0.1, 0.15) is 11.2 Å². The van der Waals surface area contributed by atoms with Gasteiger partial charge in [-0.2, -0.15) is 0 Å². The molecule has 6 rings (SSSR count). The fourth-order valence-corrected chi connectivity index (χ4v) is 6.65. The van der Waals surface area contributed by atoms with Gasteiger partial charge in [0, 0.05) is 21.9 Å². The Balaban J connectivity index is 1.65. The van der Waals surface area contributed by atoms with Gasteiger partial charge in [0.05, 0.1) is 0 Å². The van der Waals surface area contributed by atoms with E-state index in [-0.39, 0.29) is 0 Å². The molecule has 1 unspecified atom stereocenters. The Morgan fingerprint density at radius 1 is 0.625 bits per heavy atom. The molecule has 200 valence electrons. The lowest BCUT2D eigenvalue weighted by molar-refractivity contribution is 0.499. The molecule has 40 heavy (non-hydrogen) atoms. The molecule has 0 saturated carbocycles. The van der Waals surface area contributed by atoms with Gasteiger partial charge < -0.3 is 12.9 Å². The SMILES string of the molecule is Cc1cc(C)c2op(Oc3c(-c4ccccc4)cccc3-c3ccccc3)oc3cc(C)c(C(C)C)cc3c2c1. The van der Waals surface area contributed by atoms with Crippen molar-refractivity contribution in [2.24, 2.45) is 0 Å². The first-order valence-electron chi connectivity index (χ1n) is 13.7. The van der Waals surface area contributed by atoms with Gasteiger partial charge in [-0.15, -0.1) is 0 Å². The lowest BCUT2D eigenvalue weighted by Crippen LogP contribution is -1.92. The second-order valence-electron chi connectivity index (χ2n) is 10.7. The zero-order chi connectivity index (χ0) is 27.8. The van der Waals surface area contributed by atoms with Crippen LogP contribution in [-0.2, 0) is 0 Å². The molecule has 1 atom stereocenters. The smallest absolute Gasteiger partial charge is 0.390 e. The van der Waals surface area contributed by atoms with Crippen LogP contribution in [-0.4, -0.2) is 0 Å². The summed E-state index contributed by atoms with van der Waals surface area (Å²) in [5.41, 5.74) is 10.5. The van der Waals surface area contributed by atoms with Crippen LogP contribution in [0.2, 0.25) is 0 Å². The summed E-state index contributed by atoms with van der Waals surface area (Å²) in [4.78, 5) is 0. The summed E-state index contributed by atoms with van der Waals surface area (Å²) in [5, 5.41) is 2.09. The molecule has 0 radical (unpaired) electrons. The zero-order valence-corrected chi connectivity index (χ0v) is 24.5.